The number of benzene rings is 2. The lowest BCUT2D eigenvalue weighted by atomic mass is 9.85. The maximum absolute atomic E-state index is 12.2. The van der Waals surface area contributed by atoms with Gasteiger partial charge in [-0.1, -0.05) is 49.4 Å². The van der Waals surface area contributed by atoms with Gasteiger partial charge in [0.1, 0.15) is 12.4 Å². The Balaban J connectivity index is 1.60. The van der Waals surface area contributed by atoms with Crippen molar-refractivity contribution in [3.05, 3.63) is 72.3 Å². The van der Waals surface area contributed by atoms with Gasteiger partial charge in [-0.15, -0.1) is 0 Å². The fraction of sp³-hybridized carbons (Fsp3) is 0.360. The van der Waals surface area contributed by atoms with Crippen molar-refractivity contribution in [2.75, 3.05) is 18.5 Å². The molecule has 0 atom stereocenters. The van der Waals surface area contributed by atoms with Gasteiger partial charge in [0.15, 0.2) is 5.96 Å². The molecular weight excluding hydrogens is 388 g/mol. The number of rotatable bonds is 10. The summed E-state index contributed by atoms with van der Waals surface area (Å²) in [5.74, 6) is 1.86. The molecule has 0 aromatic heterocycles. The van der Waals surface area contributed by atoms with Gasteiger partial charge in [-0.2, -0.15) is 0 Å². The van der Waals surface area contributed by atoms with Gasteiger partial charge >= 0.3 is 0 Å². The zero-order valence-corrected chi connectivity index (χ0v) is 18.2. The minimum atomic E-state index is 0.124. The molecular formula is C25H32N4O2. The second kappa shape index (κ2) is 11.8. The van der Waals surface area contributed by atoms with E-state index >= 15 is 0 Å². The number of nitrogens with zero attached hydrogens (tertiary/aromatic N) is 1. The molecule has 0 heterocycles. The monoisotopic (exact) mass is 420 g/mol. The minimum absolute atomic E-state index is 0.124. The Morgan fingerprint density at radius 3 is 2.77 bits per heavy atom. The van der Waals surface area contributed by atoms with Crippen molar-refractivity contribution >= 4 is 17.6 Å². The average Bonchev–Trinajstić information content (AvgIpc) is 2.73. The molecule has 0 saturated heterocycles. The van der Waals surface area contributed by atoms with E-state index in [1.54, 1.807) is 6.08 Å². The lowest BCUT2D eigenvalue weighted by Gasteiger charge is -2.24. The molecule has 164 valence electrons. The molecule has 31 heavy (non-hydrogen) atoms. The zero-order valence-electron chi connectivity index (χ0n) is 18.2. The summed E-state index contributed by atoms with van der Waals surface area (Å²) in [6.45, 7) is 8.08. The van der Waals surface area contributed by atoms with Crippen LogP contribution < -0.4 is 20.7 Å². The molecule has 1 fully saturated rings. The SMILES string of the molecule is C=CCOc1ccccc1CNC(=NCc1cccc(NC(=O)C2CCC2)c1)NCC. The molecule has 2 aromatic rings. The average molecular weight is 421 g/mol. The first-order valence-corrected chi connectivity index (χ1v) is 10.9. The van der Waals surface area contributed by atoms with Crippen LogP contribution in [0.15, 0.2) is 66.2 Å². The van der Waals surface area contributed by atoms with Crippen LogP contribution in [0.4, 0.5) is 5.69 Å². The third kappa shape index (κ3) is 6.88. The number of carbonyl (C=O) groups is 1. The van der Waals surface area contributed by atoms with Crippen molar-refractivity contribution in [2.24, 2.45) is 10.9 Å². The lowest BCUT2D eigenvalue weighted by Crippen LogP contribution is -2.36. The molecule has 1 saturated carbocycles. The predicted molar refractivity (Wildman–Crippen MR) is 126 cm³/mol. The maximum Gasteiger partial charge on any atom is 0.227 e. The Morgan fingerprint density at radius 1 is 1.19 bits per heavy atom. The maximum atomic E-state index is 12.2. The molecule has 3 N–H and O–H groups in total. The number of guanidine groups is 1. The van der Waals surface area contributed by atoms with Crippen molar-refractivity contribution in [3.8, 4) is 5.75 Å². The molecule has 0 spiro atoms. The van der Waals surface area contributed by atoms with E-state index in [2.05, 4.69) is 22.5 Å². The van der Waals surface area contributed by atoms with Crippen LogP contribution in [0.3, 0.4) is 0 Å². The molecule has 0 unspecified atom stereocenters. The van der Waals surface area contributed by atoms with Gasteiger partial charge in [0, 0.05) is 30.3 Å². The Hall–Kier alpha value is -3.28. The number of para-hydroxylation sites is 1. The number of amides is 1. The van der Waals surface area contributed by atoms with Crippen molar-refractivity contribution in [3.63, 3.8) is 0 Å². The summed E-state index contributed by atoms with van der Waals surface area (Å²) in [6, 6.07) is 15.8. The number of carbonyl (C=O) groups excluding carboxylic acids is 1. The van der Waals surface area contributed by atoms with Crippen molar-refractivity contribution < 1.29 is 9.53 Å². The van der Waals surface area contributed by atoms with Gasteiger partial charge in [0.2, 0.25) is 5.91 Å². The van der Waals surface area contributed by atoms with E-state index in [-0.39, 0.29) is 11.8 Å². The first kappa shape index (κ1) is 22.4. The molecule has 0 radical (unpaired) electrons. The number of aliphatic imine (C=N–C) groups is 1. The van der Waals surface area contributed by atoms with Crippen LogP contribution in [-0.4, -0.2) is 25.0 Å². The molecule has 6 heteroatoms. The molecule has 0 bridgehead atoms. The van der Waals surface area contributed by atoms with Crippen LogP contribution in [0.2, 0.25) is 0 Å². The largest absolute Gasteiger partial charge is 0.489 e. The summed E-state index contributed by atoms with van der Waals surface area (Å²) in [5, 5.41) is 9.67. The van der Waals surface area contributed by atoms with Gasteiger partial charge in [0.05, 0.1) is 6.54 Å². The number of nitrogens with one attached hydrogen (secondary N) is 3. The minimum Gasteiger partial charge on any atom is -0.489 e. The normalized spacial score (nSPS) is 13.8. The Morgan fingerprint density at radius 2 is 2.03 bits per heavy atom. The molecule has 1 aliphatic rings. The molecule has 1 aliphatic carbocycles. The number of anilines is 1. The van der Waals surface area contributed by atoms with Gasteiger partial charge in [-0.05, 0) is 43.5 Å². The van der Waals surface area contributed by atoms with Crippen LogP contribution in [0, 0.1) is 5.92 Å². The standard InChI is InChI=1S/C25H32N4O2/c1-3-15-31-23-14-6-5-10-21(23)18-28-25(26-4-2)27-17-19-9-7-13-22(16-19)29-24(30)20-11-8-12-20/h3,5-7,9-10,13-14,16,20H,1,4,8,11-12,15,17-18H2,2H3,(H,29,30)(H2,26,27,28). The second-order valence-electron chi connectivity index (χ2n) is 7.57. The summed E-state index contributed by atoms with van der Waals surface area (Å²) in [6.07, 6.45) is 4.88. The van der Waals surface area contributed by atoms with E-state index in [9.17, 15) is 4.79 Å². The van der Waals surface area contributed by atoms with Crippen LogP contribution in [0.5, 0.6) is 5.75 Å². The summed E-state index contributed by atoms with van der Waals surface area (Å²) < 4.78 is 5.73. The van der Waals surface area contributed by atoms with Gasteiger partial charge in [-0.3, -0.25) is 4.79 Å². The topological polar surface area (TPSA) is 74.8 Å². The summed E-state index contributed by atoms with van der Waals surface area (Å²) in [5.41, 5.74) is 2.92. The number of ether oxygens (including phenoxy) is 1. The Bertz CT molecular complexity index is 906. The Labute approximate surface area is 184 Å². The second-order valence-corrected chi connectivity index (χ2v) is 7.57. The van der Waals surface area contributed by atoms with Crippen LogP contribution in [0.1, 0.15) is 37.3 Å². The van der Waals surface area contributed by atoms with E-state index in [1.165, 1.54) is 0 Å². The van der Waals surface area contributed by atoms with Crippen LogP contribution in [0.25, 0.3) is 0 Å². The molecule has 3 rings (SSSR count). The highest BCUT2D eigenvalue weighted by molar-refractivity contribution is 5.93. The third-order valence-corrected chi connectivity index (χ3v) is 5.21. The quantitative estimate of drug-likeness (QED) is 0.305. The Kier molecular flexibility index (Phi) is 8.52. The van der Waals surface area contributed by atoms with E-state index in [1.807, 2.05) is 55.5 Å². The molecule has 2 aromatic carbocycles. The smallest absolute Gasteiger partial charge is 0.227 e. The zero-order chi connectivity index (χ0) is 21.9. The van der Waals surface area contributed by atoms with Crippen LogP contribution >= 0.6 is 0 Å². The van der Waals surface area contributed by atoms with Crippen molar-refractivity contribution in [1.82, 2.24) is 10.6 Å². The first-order valence-electron chi connectivity index (χ1n) is 10.9. The fourth-order valence-electron chi connectivity index (χ4n) is 3.29. The predicted octanol–water partition coefficient (Wildman–Crippen LogP) is 4.25. The third-order valence-electron chi connectivity index (χ3n) is 5.21. The highest BCUT2D eigenvalue weighted by atomic mass is 16.5. The highest BCUT2D eigenvalue weighted by Crippen LogP contribution is 2.27. The molecule has 0 aliphatic heterocycles. The summed E-state index contributed by atoms with van der Waals surface area (Å²) >= 11 is 0. The van der Waals surface area contributed by atoms with Crippen molar-refractivity contribution in [2.45, 2.75) is 39.3 Å². The van der Waals surface area contributed by atoms with Gasteiger partial charge < -0.3 is 20.7 Å². The van der Waals surface area contributed by atoms with Gasteiger partial charge in [-0.25, -0.2) is 4.99 Å². The van der Waals surface area contributed by atoms with E-state index in [0.717, 1.165) is 54.3 Å². The molecule has 6 nitrogen and oxygen atoms in total. The van der Waals surface area contributed by atoms with E-state index < -0.39 is 0 Å². The highest BCUT2D eigenvalue weighted by Gasteiger charge is 2.25. The van der Waals surface area contributed by atoms with E-state index in [0.29, 0.717) is 19.7 Å². The first-order chi connectivity index (χ1) is 15.2. The summed E-state index contributed by atoms with van der Waals surface area (Å²) in [7, 11) is 0. The van der Waals surface area contributed by atoms with Gasteiger partial charge in [0.25, 0.3) is 0 Å². The molecule has 1 amide bonds. The van der Waals surface area contributed by atoms with Crippen molar-refractivity contribution in [1.29, 1.82) is 0 Å². The number of hydrogen-bond donors (Lipinski definition) is 3. The lowest BCUT2D eigenvalue weighted by molar-refractivity contribution is -0.122. The fourth-order valence-corrected chi connectivity index (χ4v) is 3.29. The van der Waals surface area contributed by atoms with Crippen LogP contribution in [-0.2, 0) is 17.9 Å². The summed E-state index contributed by atoms with van der Waals surface area (Å²) in [4.78, 5) is 16.9. The van der Waals surface area contributed by atoms with E-state index in [4.69, 9.17) is 9.73 Å². The number of hydrogen-bond acceptors (Lipinski definition) is 3.